The van der Waals surface area contributed by atoms with Gasteiger partial charge in [0.1, 0.15) is 5.75 Å². The molecule has 2 amide bonds. The molecule has 3 rings (SSSR count). The van der Waals surface area contributed by atoms with Crippen molar-refractivity contribution in [3.63, 3.8) is 0 Å². The second-order valence-electron chi connectivity index (χ2n) is 7.70. The van der Waals surface area contributed by atoms with Crippen LogP contribution in [0.2, 0.25) is 0 Å². The van der Waals surface area contributed by atoms with Crippen LogP contribution in [0.25, 0.3) is 0 Å². The molecule has 6 nitrogen and oxygen atoms in total. The summed E-state index contributed by atoms with van der Waals surface area (Å²) in [4.78, 5) is 27.8. The molecule has 0 spiro atoms. The summed E-state index contributed by atoms with van der Waals surface area (Å²) in [6.45, 7) is 4.13. The second-order valence-corrected chi connectivity index (χ2v) is 7.70. The molecule has 1 aliphatic heterocycles. The highest BCUT2D eigenvalue weighted by molar-refractivity contribution is 5.95. The standard InChI is InChI=1S/C24H30N2O4/c1-17-5-7-18(8-6-17)21-15-26(16-22(21)23(27)25-13-4-14-29-2)24(28)19-9-11-20(30-3)12-10-19/h5-12,21-22H,4,13-16H2,1-3H3,(H,25,27)/t21-,22-/m1/s1. The number of nitrogens with one attached hydrogen (secondary N) is 1. The molecule has 1 fully saturated rings. The first-order valence-corrected chi connectivity index (χ1v) is 10.3. The monoisotopic (exact) mass is 410 g/mol. The van der Waals surface area contributed by atoms with Gasteiger partial charge in [-0.1, -0.05) is 29.8 Å². The number of rotatable bonds is 8. The number of hydrogen-bond acceptors (Lipinski definition) is 4. The van der Waals surface area contributed by atoms with Crippen LogP contribution in [0.4, 0.5) is 0 Å². The quantitative estimate of drug-likeness (QED) is 0.680. The molecule has 1 heterocycles. The number of amides is 2. The summed E-state index contributed by atoms with van der Waals surface area (Å²) in [6.07, 6.45) is 0.763. The minimum absolute atomic E-state index is 0.0123. The normalized spacial score (nSPS) is 18.3. The largest absolute Gasteiger partial charge is 0.497 e. The number of carbonyl (C=O) groups is 2. The molecule has 1 aliphatic rings. The van der Waals surface area contributed by atoms with Crippen molar-refractivity contribution in [2.24, 2.45) is 5.92 Å². The SMILES string of the molecule is COCCCNC(=O)[C@@H]1CN(C(=O)c2ccc(OC)cc2)C[C@@H]1c1ccc(C)cc1. The van der Waals surface area contributed by atoms with Gasteiger partial charge in [-0.2, -0.15) is 0 Å². The predicted molar refractivity (Wildman–Crippen MR) is 116 cm³/mol. The van der Waals surface area contributed by atoms with Crippen LogP contribution >= 0.6 is 0 Å². The molecule has 0 unspecified atom stereocenters. The average Bonchev–Trinajstić information content (AvgIpc) is 3.22. The topological polar surface area (TPSA) is 67.9 Å². The van der Waals surface area contributed by atoms with Crippen molar-refractivity contribution < 1.29 is 19.1 Å². The van der Waals surface area contributed by atoms with E-state index in [1.807, 2.05) is 6.92 Å². The average molecular weight is 411 g/mol. The van der Waals surface area contributed by atoms with Gasteiger partial charge >= 0.3 is 0 Å². The highest BCUT2D eigenvalue weighted by Gasteiger charge is 2.40. The number of likely N-dealkylation sites (tertiary alicyclic amines) is 1. The van der Waals surface area contributed by atoms with Gasteiger partial charge in [0, 0.05) is 44.8 Å². The molecular formula is C24H30N2O4. The number of carbonyl (C=O) groups excluding carboxylic acids is 2. The molecule has 0 saturated carbocycles. The maximum Gasteiger partial charge on any atom is 0.253 e. The molecule has 0 bridgehead atoms. The van der Waals surface area contributed by atoms with Crippen LogP contribution in [0.1, 0.15) is 33.8 Å². The smallest absolute Gasteiger partial charge is 0.253 e. The predicted octanol–water partition coefficient (Wildman–Crippen LogP) is 3.01. The summed E-state index contributed by atoms with van der Waals surface area (Å²) in [6, 6.07) is 15.3. The van der Waals surface area contributed by atoms with Gasteiger partial charge in [-0.05, 0) is 43.2 Å². The number of nitrogens with zero attached hydrogens (tertiary/aromatic N) is 1. The molecule has 2 aromatic rings. The van der Waals surface area contributed by atoms with Crippen molar-refractivity contribution in [2.75, 3.05) is 40.5 Å². The molecule has 0 radical (unpaired) electrons. The summed E-state index contributed by atoms with van der Waals surface area (Å²) in [5.74, 6) is 0.317. The minimum atomic E-state index is -0.280. The van der Waals surface area contributed by atoms with Gasteiger partial charge in [-0.25, -0.2) is 0 Å². The van der Waals surface area contributed by atoms with E-state index in [4.69, 9.17) is 9.47 Å². The Morgan fingerprint density at radius 3 is 2.37 bits per heavy atom. The molecule has 1 N–H and O–H groups in total. The van der Waals surface area contributed by atoms with Gasteiger partial charge < -0.3 is 19.7 Å². The molecule has 0 aliphatic carbocycles. The third-order valence-corrected chi connectivity index (χ3v) is 5.61. The molecule has 30 heavy (non-hydrogen) atoms. The summed E-state index contributed by atoms with van der Waals surface area (Å²) in [5, 5.41) is 3.01. The van der Waals surface area contributed by atoms with Crippen molar-refractivity contribution in [2.45, 2.75) is 19.3 Å². The van der Waals surface area contributed by atoms with E-state index < -0.39 is 0 Å². The maximum atomic E-state index is 13.1. The molecule has 0 aromatic heterocycles. The Kier molecular flexibility index (Phi) is 7.46. The maximum absolute atomic E-state index is 13.1. The molecular weight excluding hydrogens is 380 g/mol. The van der Waals surface area contributed by atoms with E-state index in [-0.39, 0.29) is 23.7 Å². The van der Waals surface area contributed by atoms with E-state index in [1.165, 1.54) is 5.56 Å². The van der Waals surface area contributed by atoms with Crippen LogP contribution in [0.5, 0.6) is 5.75 Å². The van der Waals surface area contributed by atoms with Crippen molar-refractivity contribution >= 4 is 11.8 Å². The molecule has 2 atom stereocenters. The van der Waals surface area contributed by atoms with Crippen LogP contribution in [0, 0.1) is 12.8 Å². The van der Waals surface area contributed by atoms with Crippen molar-refractivity contribution in [3.05, 3.63) is 65.2 Å². The number of aryl methyl sites for hydroxylation is 1. The number of ether oxygens (including phenoxy) is 2. The van der Waals surface area contributed by atoms with Crippen molar-refractivity contribution in [1.29, 1.82) is 0 Å². The fraction of sp³-hybridized carbons (Fsp3) is 0.417. The third-order valence-electron chi connectivity index (χ3n) is 5.61. The lowest BCUT2D eigenvalue weighted by atomic mass is 9.88. The summed E-state index contributed by atoms with van der Waals surface area (Å²) in [7, 11) is 3.24. The first-order chi connectivity index (χ1) is 14.5. The lowest BCUT2D eigenvalue weighted by Crippen LogP contribution is -2.36. The van der Waals surface area contributed by atoms with Gasteiger partial charge in [0.05, 0.1) is 13.0 Å². The van der Waals surface area contributed by atoms with Crippen molar-refractivity contribution in [1.82, 2.24) is 10.2 Å². The van der Waals surface area contributed by atoms with E-state index in [0.29, 0.717) is 37.6 Å². The highest BCUT2D eigenvalue weighted by Crippen LogP contribution is 2.34. The first-order valence-electron chi connectivity index (χ1n) is 10.3. The Morgan fingerprint density at radius 1 is 1.03 bits per heavy atom. The van der Waals surface area contributed by atoms with Gasteiger partial charge in [0.25, 0.3) is 5.91 Å². The zero-order valence-corrected chi connectivity index (χ0v) is 17.9. The Balaban J connectivity index is 1.77. The number of benzene rings is 2. The van der Waals surface area contributed by atoms with Crippen LogP contribution in [0.15, 0.2) is 48.5 Å². The Morgan fingerprint density at radius 2 is 1.73 bits per heavy atom. The Hall–Kier alpha value is -2.86. The summed E-state index contributed by atoms with van der Waals surface area (Å²) in [5.41, 5.74) is 2.85. The number of methoxy groups -OCH3 is 2. The summed E-state index contributed by atoms with van der Waals surface area (Å²) >= 11 is 0. The Labute approximate surface area is 178 Å². The molecule has 6 heteroatoms. The lowest BCUT2D eigenvalue weighted by molar-refractivity contribution is -0.124. The lowest BCUT2D eigenvalue weighted by Gasteiger charge is -2.18. The van der Waals surface area contributed by atoms with E-state index in [9.17, 15) is 9.59 Å². The highest BCUT2D eigenvalue weighted by atomic mass is 16.5. The molecule has 160 valence electrons. The van der Waals surface area contributed by atoms with Crippen molar-refractivity contribution in [3.8, 4) is 5.75 Å². The molecule has 1 saturated heterocycles. The third kappa shape index (κ3) is 5.19. The molecule has 2 aromatic carbocycles. The van der Waals surface area contributed by atoms with Crippen LogP contribution in [-0.4, -0.2) is 57.2 Å². The minimum Gasteiger partial charge on any atom is -0.497 e. The number of hydrogen-bond donors (Lipinski definition) is 1. The first kappa shape index (κ1) is 21.8. The van der Waals surface area contributed by atoms with Crippen LogP contribution < -0.4 is 10.1 Å². The van der Waals surface area contributed by atoms with Gasteiger partial charge in [0.2, 0.25) is 5.91 Å². The fourth-order valence-corrected chi connectivity index (χ4v) is 3.86. The summed E-state index contributed by atoms with van der Waals surface area (Å²) < 4.78 is 10.2. The van der Waals surface area contributed by atoms with E-state index in [2.05, 4.69) is 29.6 Å². The van der Waals surface area contributed by atoms with Gasteiger partial charge in [-0.15, -0.1) is 0 Å². The van der Waals surface area contributed by atoms with Gasteiger partial charge in [-0.3, -0.25) is 9.59 Å². The Bertz CT molecular complexity index is 849. The van der Waals surface area contributed by atoms with Gasteiger partial charge in [0.15, 0.2) is 0 Å². The zero-order valence-electron chi connectivity index (χ0n) is 17.9. The zero-order chi connectivity index (χ0) is 21.5. The van der Waals surface area contributed by atoms with Crippen LogP contribution in [0.3, 0.4) is 0 Å². The van der Waals surface area contributed by atoms with Crippen LogP contribution in [-0.2, 0) is 9.53 Å². The second kappa shape index (κ2) is 10.3. The van der Waals surface area contributed by atoms with E-state index in [0.717, 1.165) is 12.0 Å². The fourth-order valence-electron chi connectivity index (χ4n) is 3.86. The van der Waals surface area contributed by atoms with E-state index >= 15 is 0 Å². The van der Waals surface area contributed by atoms with E-state index in [1.54, 1.807) is 43.4 Å².